The smallest absolute Gasteiger partial charge is 0.322 e. The number of anilines is 1. The van der Waals surface area contributed by atoms with Crippen LogP contribution in [0.25, 0.3) is 11.7 Å². The van der Waals surface area contributed by atoms with Gasteiger partial charge in [0.25, 0.3) is 11.8 Å². The normalized spacial score (nSPS) is 14.1. The molecule has 3 heterocycles. The van der Waals surface area contributed by atoms with Gasteiger partial charge in [0.15, 0.2) is 0 Å². The quantitative estimate of drug-likeness (QED) is 0.490. The van der Waals surface area contributed by atoms with Gasteiger partial charge in [-0.05, 0) is 41.8 Å². The zero-order valence-corrected chi connectivity index (χ0v) is 17.4. The number of hydrogen-bond acceptors (Lipinski definition) is 8. The highest BCUT2D eigenvalue weighted by molar-refractivity contribution is 7.89. The average Bonchev–Trinajstić information content (AvgIpc) is 3.51. The van der Waals surface area contributed by atoms with Gasteiger partial charge < -0.3 is 8.94 Å². The van der Waals surface area contributed by atoms with Gasteiger partial charge in [-0.25, -0.2) is 8.42 Å². The molecule has 1 aliphatic heterocycles. The molecule has 2 aromatic carbocycles. The Morgan fingerprint density at radius 2 is 1.78 bits per heavy atom. The highest BCUT2D eigenvalue weighted by Gasteiger charge is 2.28. The average molecular weight is 451 g/mol. The Morgan fingerprint density at radius 1 is 1.00 bits per heavy atom. The molecule has 0 atom stereocenters. The molecule has 162 valence electrons. The molecule has 0 saturated heterocycles. The molecule has 11 heteroatoms. The summed E-state index contributed by atoms with van der Waals surface area (Å²) < 4.78 is 37.8. The molecule has 1 amide bonds. The van der Waals surface area contributed by atoms with Crippen molar-refractivity contribution in [3.8, 4) is 11.7 Å². The molecule has 0 aliphatic carbocycles. The molecule has 1 aliphatic rings. The second-order valence-corrected chi connectivity index (χ2v) is 9.06. The molecule has 2 aromatic heterocycles. The van der Waals surface area contributed by atoms with Crippen molar-refractivity contribution >= 4 is 21.9 Å². The van der Waals surface area contributed by atoms with E-state index < -0.39 is 15.9 Å². The molecule has 0 radical (unpaired) electrons. The lowest BCUT2D eigenvalue weighted by molar-refractivity contribution is 0.102. The van der Waals surface area contributed by atoms with Crippen molar-refractivity contribution in [2.75, 3.05) is 11.9 Å². The predicted molar refractivity (Wildman–Crippen MR) is 112 cm³/mol. The van der Waals surface area contributed by atoms with Gasteiger partial charge in [0, 0.05) is 24.7 Å². The predicted octanol–water partition coefficient (Wildman–Crippen LogP) is 2.72. The van der Waals surface area contributed by atoms with Gasteiger partial charge in [0.2, 0.25) is 15.8 Å². The zero-order valence-electron chi connectivity index (χ0n) is 16.6. The second-order valence-electron chi connectivity index (χ2n) is 7.12. The third-order valence-corrected chi connectivity index (χ3v) is 7.00. The number of hydrogen-bond donors (Lipinski definition) is 1. The Balaban J connectivity index is 1.29. The number of amides is 1. The number of nitrogens with one attached hydrogen (secondary N) is 1. The van der Waals surface area contributed by atoms with Gasteiger partial charge in [-0.15, -0.1) is 5.10 Å². The van der Waals surface area contributed by atoms with E-state index >= 15 is 0 Å². The van der Waals surface area contributed by atoms with Crippen molar-refractivity contribution in [3.05, 3.63) is 77.5 Å². The maximum absolute atomic E-state index is 13.1. The van der Waals surface area contributed by atoms with Crippen LogP contribution in [0.1, 0.15) is 21.5 Å². The summed E-state index contributed by atoms with van der Waals surface area (Å²) in [6.45, 7) is 0.734. The van der Waals surface area contributed by atoms with Gasteiger partial charge >= 0.3 is 6.01 Å². The molecule has 0 saturated carbocycles. The van der Waals surface area contributed by atoms with Crippen LogP contribution in [0.3, 0.4) is 0 Å². The first-order valence-corrected chi connectivity index (χ1v) is 11.2. The minimum absolute atomic E-state index is 0.0716. The number of rotatable bonds is 5. The largest absolute Gasteiger partial charge is 0.400 e. The molecule has 0 fully saturated rings. The number of benzene rings is 2. The van der Waals surface area contributed by atoms with Gasteiger partial charge in [-0.3, -0.25) is 10.1 Å². The Morgan fingerprint density at radius 3 is 2.53 bits per heavy atom. The lowest BCUT2D eigenvalue weighted by atomic mass is 10.0. The topological polar surface area (TPSA) is 131 Å². The van der Waals surface area contributed by atoms with Crippen molar-refractivity contribution in [2.24, 2.45) is 0 Å². The van der Waals surface area contributed by atoms with Crippen LogP contribution < -0.4 is 5.32 Å². The summed E-state index contributed by atoms with van der Waals surface area (Å²) in [4.78, 5) is 12.6. The van der Waals surface area contributed by atoms with Gasteiger partial charge in [-0.2, -0.15) is 4.31 Å². The summed E-state index contributed by atoms with van der Waals surface area (Å²) in [6.07, 6.45) is 2.09. The molecule has 1 N–H and O–H groups in total. The first-order chi connectivity index (χ1) is 15.5. The van der Waals surface area contributed by atoms with Crippen LogP contribution in [0.4, 0.5) is 6.01 Å². The standard InChI is InChI=1S/C21H17N5O5S/c27-19(23-21-25-24-20(30-21)18-9-11-22-31-18)15-5-7-17(8-6-15)32(28,29)26-12-10-14-3-1-2-4-16(14)13-26/h1-9,11H,10,12-13H2,(H,23,25,27). The molecule has 32 heavy (non-hydrogen) atoms. The van der Waals surface area contributed by atoms with Crippen LogP contribution in [0.15, 0.2) is 74.6 Å². The van der Waals surface area contributed by atoms with E-state index in [0.717, 1.165) is 5.56 Å². The Labute approximate surface area is 182 Å². The Hall–Kier alpha value is -3.83. The minimum atomic E-state index is -3.68. The molecule has 0 spiro atoms. The van der Waals surface area contributed by atoms with Crippen molar-refractivity contribution in [1.82, 2.24) is 19.7 Å². The third-order valence-electron chi connectivity index (χ3n) is 5.14. The van der Waals surface area contributed by atoms with Gasteiger partial charge in [0.05, 0.1) is 11.1 Å². The minimum Gasteiger partial charge on any atom is -0.400 e. The van der Waals surface area contributed by atoms with Crippen molar-refractivity contribution in [3.63, 3.8) is 0 Å². The number of nitrogens with zero attached hydrogens (tertiary/aromatic N) is 4. The monoisotopic (exact) mass is 451 g/mol. The highest BCUT2D eigenvalue weighted by atomic mass is 32.2. The summed E-state index contributed by atoms with van der Waals surface area (Å²) in [5.74, 6) is -0.177. The molecule has 5 rings (SSSR count). The van der Waals surface area contributed by atoms with E-state index in [1.54, 1.807) is 6.07 Å². The lowest BCUT2D eigenvalue weighted by Crippen LogP contribution is -2.35. The van der Waals surface area contributed by atoms with E-state index in [1.165, 1.54) is 40.3 Å². The first kappa shape index (κ1) is 20.1. The van der Waals surface area contributed by atoms with E-state index in [0.29, 0.717) is 19.5 Å². The lowest BCUT2D eigenvalue weighted by Gasteiger charge is -2.28. The van der Waals surface area contributed by atoms with Crippen LogP contribution in [0.2, 0.25) is 0 Å². The number of fused-ring (bicyclic) bond motifs is 1. The highest BCUT2D eigenvalue weighted by Crippen LogP contribution is 2.25. The molecular weight excluding hydrogens is 434 g/mol. The fourth-order valence-corrected chi connectivity index (χ4v) is 4.89. The van der Waals surface area contributed by atoms with E-state index in [2.05, 4.69) is 20.7 Å². The van der Waals surface area contributed by atoms with Crippen molar-refractivity contribution < 1.29 is 22.2 Å². The van der Waals surface area contributed by atoms with E-state index in [1.807, 2.05) is 24.3 Å². The van der Waals surface area contributed by atoms with Gasteiger partial charge in [0.1, 0.15) is 0 Å². The van der Waals surface area contributed by atoms with E-state index in [4.69, 9.17) is 8.94 Å². The van der Waals surface area contributed by atoms with Crippen LogP contribution in [0, 0.1) is 0 Å². The molecular formula is C21H17N5O5S. The number of aromatic nitrogens is 3. The number of carbonyl (C=O) groups is 1. The SMILES string of the molecule is O=C(Nc1nnc(-c2ccno2)o1)c1ccc(S(=O)(=O)N2CCc3ccccc3C2)cc1. The Bertz CT molecular complexity index is 1360. The molecule has 10 nitrogen and oxygen atoms in total. The zero-order chi connectivity index (χ0) is 22.1. The molecule has 0 bridgehead atoms. The molecule has 4 aromatic rings. The summed E-state index contributed by atoms with van der Waals surface area (Å²) in [5, 5.41) is 13.5. The summed E-state index contributed by atoms with van der Waals surface area (Å²) in [6, 6.07) is 14.9. The number of sulfonamides is 1. The van der Waals surface area contributed by atoms with Gasteiger partial charge in [-0.1, -0.05) is 34.5 Å². The summed E-state index contributed by atoms with van der Waals surface area (Å²) in [7, 11) is -3.68. The van der Waals surface area contributed by atoms with E-state index in [-0.39, 0.29) is 28.1 Å². The van der Waals surface area contributed by atoms with E-state index in [9.17, 15) is 13.2 Å². The Kier molecular flexibility index (Phi) is 5.04. The van der Waals surface area contributed by atoms with Crippen LogP contribution in [-0.4, -0.2) is 40.5 Å². The maximum Gasteiger partial charge on any atom is 0.322 e. The fourth-order valence-electron chi connectivity index (χ4n) is 3.47. The van der Waals surface area contributed by atoms with Crippen LogP contribution in [0.5, 0.6) is 0 Å². The third kappa shape index (κ3) is 3.79. The first-order valence-electron chi connectivity index (χ1n) is 9.73. The summed E-state index contributed by atoms with van der Waals surface area (Å²) in [5.41, 5.74) is 2.41. The summed E-state index contributed by atoms with van der Waals surface area (Å²) >= 11 is 0. The van der Waals surface area contributed by atoms with Crippen molar-refractivity contribution in [2.45, 2.75) is 17.9 Å². The van der Waals surface area contributed by atoms with Crippen LogP contribution in [-0.2, 0) is 23.0 Å². The second kappa shape index (κ2) is 8.02. The molecule has 0 unspecified atom stereocenters. The van der Waals surface area contributed by atoms with Crippen LogP contribution >= 0.6 is 0 Å². The van der Waals surface area contributed by atoms with Crippen molar-refractivity contribution in [1.29, 1.82) is 0 Å². The number of carbonyl (C=O) groups excluding carboxylic acids is 1. The maximum atomic E-state index is 13.1. The fraction of sp³-hybridized carbons (Fsp3) is 0.143.